The normalized spacial score (nSPS) is 12.5. The molecule has 41 heavy (non-hydrogen) atoms. The van der Waals surface area contributed by atoms with Crippen LogP contribution in [0.2, 0.25) is 10.0 Å². The molecule has 2 amide bonds. The van der Waals surface area contributed by atoms with Crippen molar-refractivity contribution >= 4 is 66.7 Å². The number of nitrogens with zero attached hydrogens (tertiary/aromatic N) is 2. The fraction of sp³-hybridized carbons (Fsp3) is 0.333. The molecule has 0 radical (unpaired) electrons. The Bertz CT molecular complexity index is 1470. The number of hydrogen-bond donors (Lipinski definition) is 1. The molecule has 0 saturated carbocycles. The number of sulfonamides is 1. The van der Waals surface area contributed by atoms with E-state index in [0.29, 0.717) is 21.3 Å². The van der Waals surface area contributed by atoms with Crippen LogP contribution in [-0.4, -0.2) is 43.3 Å². The number of hydrogen-bond acceptors (Lipinski definition) is 4. The third kappa shape index (κ3) is 8.47. The van der Waals surface area contributed by atoms with Crippen molar-refractivity contribution in [1.29, 1.82) is 0 Å². The fourth-order valence-corrected chi connectivity index (χ4v) is 6.40. The van der Waals surface area contributed by atoms with Crippen LogP contribution in [0.1, 0.15) is 45.2 Å². The van der Waals surface area contributed by atoms with E-state index in [1.807, 2.05) is 27.7 Å². The van der Waals surface area contributed by atoms with Gasteiger partial charge in [-0.25, -0.2) is 8.42 Å². The van der Waals surface area contributed by atoms with Gasteiger partial charge < -0.3 is 10.2 Å². The zero-order valence-corrected chi connectivity index (χ0v) is 27.5. The first kappa shape index (κ1) is 32.9. The number of aryl methyl sites for hydroxylation is 1. The smallest absolute Gasteiger partial charge is 0.264 e. The highest BCUT2D eigenvalue weighted by atomic mass is 79.9. The van der Waals surface area contributed by atoms with Crippen molar-refractivity contribution in [2.75, 3.05) is 10.8 Å². The quantitative estimate of drug-likeness (QED) is 0.250. The van der Waals surface area contributed by atoms with E-state index in [-0.39, 0.29) is 23.8 Å². The van der Waals surface area contributed by atoms with Crippen molar-refractivity contribution in [1.82, 2.24) is 10.2 Å². The molecule has 7 nitrogen and oxygen atoms in total. The summed E-state index contributed by atoms with van der Waals surface area (Å²) in [5, 5.41) is 3.60. The SMILES string of the molecule is CCC(C(=O)NC(C)(C)C)N(Cc1c(Cl)cccc1Cl)C(=O)CN(c1ccc(Br)cc1)S(=O)(=O)c1ccc(C)cc1. The maximum absolute atomic E-state index is 14.2. The average Bonchev–Trinajstić information content (AvgIpc) is 2.88. The van der Waals surface area contributed by atoms with Crippen LogP contribution in [0.25, 0.3) is 0 Å². The predicted molar refractivity (Wildman–Crippen MR) is 169 cm³/mol. The maximum Gasteiger partial charge on any atom is 0.264 e. The summed E-state index contributed by atoms with van der Waals surface area (Å²) in [4.78, 5) is 29.0. The van der Waals surface area contributed by atoms with Crippen molar-refractivity contribution in [2.45, 2.75) is 64.1 Å². The predicted octanol–water partition coefficient (Wildman–Crippen LogP) is 6.98. The van der Waals surface area contributed by atoms with E-state index in [0.717, 1.165) is 14.3 Å². The second kappa shape index (κ2) is 13.6. The lowest BCUT2D eigenvalue weighted by molar-refractivity contribution is -0.141. The molecule has 3 aromatic rings. The third-order valence-corrected chi connectivity index (χ3v) is 9.30. The minimum absolute atomic E-state index is 0.0389. The van der Waals surface area contributed by atoms with Gasteiger partial charge in [-0.3, -0.25) is 13.9 Å². The third-order valence-electron chi connectivity index (χ3n) is 6.28. The van der Waals surface area contributed by atoms with Crippen molar-refractivity contribution in [3.05, 3.63) is 92.4 Å². The van der Waals surface area contributed by atoms with Gasteiger partial charge in [0.05, 0.1) is 10.6 Å². The second-order valence-electron chi connectivity index (χ2n) is 10.7. The minimum Gasteiger partial charge on any atom is -0.350 e. The van der Waals surface area contributed by atoms with Gasteiger partial charge in [-0.2, -0.15) is 0 Å². The highest BCUT2D eigenvalue weighted by molar-refractivity contribution is 9.10. The summed E-state index contributed by atoms with van der Waals surface area (Å²) < 4.78 is 29.7. The summed E-state index contributed by atoms with van der Waals surface area (Å²) in [5.41, 5.74) is 1.10. The molecule has 3 aromatic carbocycles. The van der Waals surface area contributed by atoms with E-state index in [2.05, 4.69) is 21.2 Å². The molecule has 1 atom stereocenters. The molecule has 0 aliphatic rings. The van der Waals surface area contributed by atoms with Gasteiger partial charge in [-0.15, -0.1) is 0 Å². The lowest BCUT2D eigenvalue weighted by Crippen LogP contribution is -2.55. The average molecular weight is 683 g/mol. The molecule has 1 unspecified atom stereocenters. The van der Waals surface area contributed by atoms with E-state index in [9.17, 15) is 18.0 Å². The van der Waals surface area contributed by atoms with Crippen LogP contribution in [0, 0.1) is 6.92 Å². The minimum atomic E-state index is -4.17. The standard InChI is InChI=1S/C30H34BrCl2N3O4S/c1-6-27(29(38)34-30(3,4)5)35(18-24-25(32)8-7-9-26(24)33)28(37)19-36(22-14-12-21(31)13-15-22)41(39,40)23-16-10-20(2)11-17-23/h7-17,27H,6,18-19H2,1-5H3,(H,34,38). The molecule has 0 aliphatic carbocycles. The van der Waals surface area contributed by atoms with Gasteiger partial charge in [-0.1, -0.05) is 69.8 Å². The molecule has 0 aliphatic heterocycles. The van der Waals surface area contributed by atoms with E-state index < -0.39 is 34.1 Å². The molecule has 0 spiro atoms. The highest BCUT2D eigenvalue weighted by Crippen LogP contribution is 2.29. The Kier molecular flexibility index (Phi) is 10.9. The van der Waals surface area contributed by atoms with Gasteiger partial charge in [-0.05, 0) is 82.6 Å². The summed E-state index contributed by atoms with van der Waals surface area (Å²) in [6, 6.07) is 17.1. The van der Waals surface area contributed by atoms with Gasteiger partial charge in [0.25, 0.3) is 10.0 Å². The van der Waals surface area contributed by atoms with Gasteiger partial charge in [0.1, 0.15) is 12.6 Å². The summed E-state index contributed by atoms with van der Waals surface area (Å²) in [5.74, 6) is -0.955. The van der Waals surface area contributed by atoms with Crippen molar-refractivity contribution in [3.8, 4) is 0 Å². The zero-order valence-electron chi connectivity index (χ0n) is 23.6. The van der Waals surface area contributed by atoms with Crippen LogP contribution in [0.4, 0.5) is 5.69 Å². The van der Waals surface area contributed by atoms with Crippen LogP contribution in [-0.2, 0) is 26.2 Å². The molecule has 11 heteroatoms. The summed E-state index contributed by atoms with van der Waals surface area (Å²) in [6.07, 6.45) is 0.277. The molecule has 0 bridgehead atoms. The summed E-state index contributed by atoms with van der Waals surface area (Å²) in [7, 11) is -4.17. The summed E-state index contributed by atoms with van der Waals surface area (Å²) in [6.45, 7) is 8.54. The van der Waals surface area contributed by atoms with Crippen LogP contribution >= 0.6 is 39.1 Å². The second-order valence-corrected chi connectivity index (χ2v) is 14.3. The highest BCUT2D eigenvalue weighted by Gasteiger charge is 2.35. The Morgan fingerprint density at radius 2 is 1.51 bits per heavy atom. The van der Waals surface area contributed by atoms with Gasteiger partial charge >= 0.3 is 0 Å². The molecular formula is C30H34BrCl2N3O4S. The topological polar surface area (TPSA) is 86.8 Å². The van der Waals surface area contributed by atoms with Crippen molar-refractivity contribution in [3.63, 3.8) is 0 Å². The molecule has 0 fully saturated rings. The summed E-state index contributed by atoms with van der Waals surface area (Å²) >= 11 is 16.3. The number of nitrogens with one attached hydrogen (secondary N) is 1. The van der Waals surface area contributed by atoms with Gasteiger partial charge in [0.15, 0.2) is 0 Å². The first-order valence-electron chi connectivity index (χ1n) is 13.0. The Hall–Kier alpha value is -2.59. The molecule has 220 valence electrons. The largest absolute Gasteiger partial charge is 0.350 e. The van der Waals surface area contributed by atoms with Crippen LogP contribution in [0.3, 0.4) is 0 Å². The Morgan fingerprint density at radius 1 is 0.951 bits per heavy atom. The van der Waals surface area contributed by atoms with Gasteiger partial charge in [0.2, 0.25) is 11.8 Å². The van der Waals surface area contributed by atoms with E-state index in [1.54, 1.807) is 61.5 Å². The molecule has 0 aromatic heterocycles. The number of benzene rings is 3. The number of carbonyl (C=O) groups is 2. The Labute approximate surface area is 261 Å². The number of halogens is 3. The first-order valence-corrected chi connectivity index (χ1v) is 16.0. The molecule has 0 saturated heterocycles. The van der Waals surface area contributed by atoms with Crippen LogP contribution in [0.5, 0.6) is 0 Å². The molecule has 1 N–H and O–H groups in total. The Balaban J connectivity index is 2.11. The lowest BCUT2D eigenvalue weighted by atomic mass is 10.1. The van der Waals surface area contributed by atoms with E-state index in [4.69, 9.17) is 23.2 Å². The van der Waals surface area contributed by atoms with Crippen molar-refractivity contribution in [2.24, 2.45) is 0 Å². The van der Waals surface area contributed by atoms with Crippen LogP contribution < -0.4 is 9.62 Å². The van der Waals surface area contributed by atoms with E-state index >= 15 is 0 Å². The number of anilines is 1. The van der Waals surface area contributed by atoms with Gasteiger partial charge in [0, 0.05) is 32.2 Å². The van der Waals surface area contributed by atoms with Crippen molar-refractivity contribution < 1.29 is 18.0 Å². The fourth-order valence-electron chi connectivity index (χ4n) is 4.20. The lowest BCUT2D eigenvalue weighted by Gasteiger charge is -2.35. The molecular weight excluding hydrogens is 649 g/mol. The van der Waals surface area contributed by atoms with Crippen LogP contribution in [0.15, 0.2) is 76.1 Å². The Morgan fingerprint density at radius 3 is 2.02 bits per heavy atom. The number of rotatable bonds is 10. The molecule has 0 heterocycles. The van der Waals surface area contributed by atoms with E-state index in [1.165, 1.54) is 17.0 Å². The first-order chi connectivity index (χ1) is 19.1. The maximum atomic E-state index is 14.2. The monoisotopic (exact) mass is 681 g/mol. The number of amides is 2. The zero-order chi connectivity index (χ0) is 30.5. The molecule has 3 rings (SSSR count). The number of carbonyl (C=O) groups excluding carboxylic acids is 2.